The molecular formula is C17H31Cl2P. The van der Waals surface area contributed by atoms with Crippen molar-refractivity contribution in [1.29, 1.82) is 0 Å². The van der Waals surface area contributed by atoms with E-state index < -0.39 is 0 Å². The van der Waals surface area contributed by atoms with Crippen molar-refractivity contribution in [2.45, 2.75) is 71.3 Å². The number of alkyl halides is 1. The molecule has 0 heterocycles. The quantitative estimate of drug-likeness (QED) is 0.208. The van der Waals surface area contributed by atoms with Crippen LogP contribution in [0.1, 0.15) is 66.2 Å². The minimum atomic E-state index is -0.0219. The minimum Gasteiger partial charge on any atom is -0.118 e. The normalized spacial score (nSPS) is 13.7. The molecule has 20 heavy (non-hydrogen) atoms. The van der Waals surface area contributed by atoms with Crippen LogP contribution in [0, 0.1) is 0 Å². The number of halogens is 2. The van der Waals surface area contributed by atoms with E-state index in [1.54, 1.807) is 0 Å². The number of rotatable bonds is 11. The second-order valence-electron chi connectivity index (χ2n) is 5.57. The van der Waals surface area contributed by atoms with Gasteiger partial charge in [-0.15, -0.1) is 11.6 Å². The highest BCUT2D eigenvalue weighted by Crippen LogP contribution is 2.47. The lowest BCUT2D eigenvalue weighted by molar-refractivity contribution is 0.846. The Hall–Kier alpha value is 0.490. The van der Waals surface area contributed by atoms with E-state index in [-0.39, 0.29) is 7.92 Å². The monoisotopic (exact) mass is 336 g/mol. The van der Waals surface area contributed by atoms with Crippen LogP contribution in [-0.4, -0.2) is 17.4 Å². The van der Waals surface area contributed by atoms with Gasteiger partial charge in [-0.25, -0.2) is 0 Å². The van der Waals surface area contributed by atoms with E-state index in [9.17, 15) is 0 Å². The van der Waals surface area contributed by atoms with Crippen molar-refractivity contribution in [3.05, 3.63) is 22.8 Å². The number of unbranched alkanes of at least 4 members (excludes halogenated alkanes) is 2. The van der Waals surface area contributed by atoms with Crippen LogP contribution in [-0.2, 0) is 0 Å². The molecule has 118 valence electrons. The first kappa shape index (κ1) is 20.5. The molecule has 0 aromatic heterocycles. The van der Waals surface area contributed by atoms with Gasteiger partial charge in [0.2, 0.25) is 0 Å². The molecule has 0 fully saturated rings. The topological polar surface area (TPSA) is 0 Å². The molecule has 0 nitrogen and oxygen atoms in total. The average molecular weight is 337 g/mol. The largest absolute Gasteiger partial charge is 0.118 e. The van der Waals surface area contributed by atoms with E-state index >= 15 is 0 Å². The van der Waals surface area contributed by atoms with Crippen LogP contribution < -0.4 is 0 Å². The molecule has 0 amide bonds. The summed E-state index contributed by atoms with van der Waals surface area (Å²) in [5.41, 5.74) is 1.28. The third kappa shape index (κ3) is 11.2. The molecule has 0 rings (SSSR count). The fraction of sp³-hybridized carbons (Fsp3) is 0.765. The Kier molecular flexibility index (Phi) is 13.5. The Morgan fingerprint density at radius 3 is 2.05 bits per heavy atom. The lowest BCUT2D eigenvalue weighted by atomic mass is 10.2. The zero-order valence-corrected chi connectivity index (χ0v) is 16.0. The smallest absolute Gasteiger partial charge is 0.0536 e. The summed E-state index contributed by atoms with van der Waals surface area (Å²) in [6, 6.07) is 0. The predicted octanol–water partition coefficient (Wildman–Crippen LogP) is 7.50. The van der Waals surface area contributed by atoms with Gasteiger partial charge in [0.25, 0.3) is 0 Å². The Morgan fingerprint density at radius 1 is 1.05 bits per heavy atom. The molecule has 0 aliphatic heterocycles. The summed E-state index contributed by atoms with van der Waals surface area (Å²) in [6.07, 6.45) is 13.9. The lowest BCUT2D eigenvalue weighted by Crippen LogP contribution is -2.03. The molecule has 0 bridgehead atoms. The summed E-state index contributed by atoms with van der Waals surface area (Å²) >= 11 is 12.9. The van der Waals surface area contributed by atoms with Crippen LogP contribution in [0.5, 0.6) is 0 Å². The Labute approximate surface area is 137 Å². The summed E-state index contributed by atoms with van der Waals surface area (Å²) in [5.74, 6) is 0. The van der Waals surface area contributed by atoms with Gasteiger partial charge >= 0.3 is 0 Å². The van der Waals surface area contributed by atoms with Gasteiger partial charge in [0.15, 0.2) is 0 Å². The van der Waals surface area contributed by atoms with Gasteiger partial charge in [-0.1, -0.05) is 57.9 Å². The van der Waals surface area contributed by atoms with Gasteiger partial charge in [0.1, 0.15) is 0 Å². The molecule has 1 unspecified atom stereocenters. The highest BCUT2D eigenvalue weighted by Gasteiger charge is 2.17. The Balaban J connectivity index is 4.25. The standard InChI is InChI=1S/C17H31Cl2P/c1-5-7-13-20(14-8-6-2)17(19)12-11-16(18)10-9-15(3)4/h9-10,17H,5-8,11-14H2,1-4H3. The molecule has 0 aromatic carbocycles. The van der Waals surface area contributed by atoms with Crippen LogP contribution in [0.25, 0.3) is 0 Å². The second-order valence-corrected chi connectivity index (χ2v) is 9.59. The maximum atomic E-state index is 6.65. The van der Waals surface area contributed by atoms with E-state index in [0.29, 0.717) is 5.12 Å². The Morgan fingerprint density at radius 2 is 1.60 bits per heavy atom. The molecule has 1 atom stereocenters. The first-order chi connectivity index (χ1) is 9.51. The maximum absolute atomic E-state index is 6.65. The molecule has 0 saturated carbocycles. The van der Waals surface area contributed by atoms with Crippen molar-refractivity contribution in [3.8, 4) is 0 Å². The third-order valence-electron chi connectivity index (χ3n) is 3.21. The number of allylic oxidation sites excluding steroid dienone is 4. The van der Waals surface area contributed by atoms with E-state index in [2.05, 4.69) is 33.8 Å². The van der Waals surface area contributed by atoms with Crippen LogP contribution in [0.15, 0.2) is 22.8 Å². The summed E-state index contributed by atoms with van der Waals surface area (Å²) in [6.45, 7) is 8.69. The zero-order valence-electron chi connectivity index (χ0n) is 13.6. The molecule has 0 saturated heterocycles. The van der Waals surface area contributed by atoms with Gasteiger partial charge in [-0.3, -0.25) is 0 Å². The van der Waals surface area contributed by atoms with Crippen LogP contribution in [0.3, 0.4) is 0 Å². The summed E-state index contributed by atoms with van der Waals surface area (Å²) in [4.78, 5) is 0. The minimum absolute atomic E-state index is 0.0219. The SMILES string of the molecule is CCCCP(CCCC)C(Cl)CCC(Cl)=CC=C(C)C. The van der Waals surface area contributed by atoms with Crippen LogP contribution >= 0.6 is 31.1 Å². The molecule has 0 spiro atoms. The summed E-state index contributed by atoms with van der Waals surface area (Å²) < 4.78 is 0. The van der Waals surface area contributed by atoms with Gasteiger partial charge in [-0.2, -0.15) is 0 Å². The van der Waals surface area contributed by atoms with Crippen LogP contribution in [0.4, 0.5) is 0 Å². The van der Waals surface area contributed by atoms with E-state index in [1.807, 2.05) is 6.08 Å². The highest BCUT2D eigenvalue weighted by molar-refractivity contribution is 7.60. The van der Waals surface area contributed by atoms with Crippen molar-refractivity contribution >= 4 is 31.1 Å². The molecule has 0 radical (unpaired) electrons. The molecule has 0 aliphatic carbocycles. The van der Waals surface area contributed by atoms with Crippen molar-refractivity contribution in [2.75, 3.05) is 12.3 Å². The first-order valence-electron chi connectivity index (χ1n) is 7.88. The molecule has 3 heteroatoms. The third-order valence-corrected chi connectivity index (χ3v) is 7.41. The fourth-order valence-corrected chi connectivity index (χ4v) is 5.48. The van der Waals surface area contributed by atoms with Crippen molar-refractivity contribution in [2.24, 2.45) is 0 Å². The summed E-state index contributed by atoms with van der Waals surface area (Å²) in [7, 11) is -0.0219. The van der Waals surface area contributed by atoms with E-state index in [1.165, 1.54) is 43.6 Å². The zero-order chi connectivity index (χ0) is 15.4. The van der Waals surface area contributed by atoms with E-state index in [4.69, 9.17) is 23.2 Å². The molecule has 0 aliphatic rings. The maximum Gasteiger partial charge on any atom is 0.0536 e. The predicted molar refractivity (Wildman–Crippen MR) is 98.7 cm³/mol. The highest BCUT2D eigenvalue weighted by atomic mass is 35.5. The molecular weight excluding hydrogens is 306 g/mol. The fourth-order valence-electron chi connectivity index (χ4n) is 1.89. The van der Waals surface area contributed by atoms with Gasteiger partial charge in [0, 0.05) is 5.03 Å². The van der Waals surface area contributed by atoms with E-state index in [0.717, 1.165) is 17.9 Å². The number of hydrogen-bond donors (Lipinski definition) is 0. The first-order valence-corrected chi connectivity index (χ1v) is 10.5. The average Bonchev–Trinajstić information content (AvgIpc) is 2.42. The number of hydrogen-bond acceptors (Lipinski definition) is 0. The summed E-state index contributed by atoms with van der Waals surface area (Å²) in [5, 5.41) is 1.26. The van der Waals surface area contributed by atoms with Gasteiger partial charge in [0.05, 0.1) is 5.12 Å². The lowest BCUT2D eigenvalue weighted by Gasteiger charge is -2.23. The van der Waals surface area contributed by atoms with Gasteiger partial charge in [-0.05, 0) is 57.9 Å². The van der Waals surface area contributed by atoms with Crippen LogP contribution in [0.2, 0.25) is 0 Å². The van der Waals surface area contributed by atoms with Crippen molar-refractivity contribution < 1.29 is 0 Å². The second kappa shape index (κ2) is 13.2. The van der Waals surface area contributed by atoms with Gasteiger partial charge < -0.3 is 0 Å². The van der Waals surface area contributed by atoms with Crippen molar-refractivity contribution in [3.63, 3.8) is 0 Å². The Bertz CT molecular complexity index is 285. The van der Waals surface area contributed by atoms with Crippen molar-refractivity contribution in [1.82, 2.24) is 0 Å². The molecule has 0 N–H and O–H groups in total. The molecule has 0 aromatic rings.